The van der Waals surface area contributed by atoms with Gasteiger partial charge in [-0.3, -0.25) is 9.63 Å². The van der Waals surface area contributed by atoms with E-state index < -0.39 is 5.97 Å². The molecule has 0 amide bonds. The standard InChI is InChI=1S/C24H49NO3/c1-3-5-6-7-8-9-10-11-12-13-16-19-22-25(28-4-2)23-20-17-14-15-18-21-24(26)27/h3-23H2,1-2H3,(H,26,27). The Bertz CT molecular complexity index is 323. The van der Waals surface area contributed by atoms with Gasteiger partial charge in [0.2, 0.25) is 0 Å². The Balaban J connectivity index is 3.42. The number of unbranched alkanes of at least 4 members (excludes halogenated alkanes) is 15. The van der Waals surface area contributed by atoms with E-state index in [0.717, 1.165) is 45.4 Å². The van der Waals surface area contributed by atoms with Crippen molar-refractivity contribution in [3.8, 4) is 0 Å². The molecule has 0 aromatic heterocycles. The molecule has 0 aromatic carbocycles. The van der Waals surface area contributed by atoms with Crippen molar-refractivity contribution >= 4 is 5.97 Å². The molecule has 0 atom stereocenters. The molecule has 0 aromatic rings. The van der Waals surface area contributed by atoms with Crippen LogP contribution < -0.4 is 0 Å². The van der Waals surface area contributed by atoms with Crippen LogP contribution >= 0.6 is 0 Å². The minimum Gasteiger partial charge on any atom is -0.481 e. The Morgan fingerprint density at radius 3 is 1.43 bits per heavy atom. The Morgan fingerprint density at radius 1 is 0.643 bits per heavy atom. The molecule has 0 saturated heterocycles. The summed E-state index contributed by atoms with van der Waals surface area (Å²) in [5.41, 5.74) is 0. The number of hydroxylamine groups is 2. The molecule has 0 fully saturated rings. The number of carboxylic acids is 1. The lowest BCUT2D eigenvalue weighted by molar-refractivity contribution is -0.155. The molecule has 0 aliphatic heterocycles. The fourth-order valence-electron chi connectivity index (χ4n) is 3.65. The van der Waals surface area contributed by atoms with E-state index >= 15 is 0 Å². The molecule has 0 spiro atoms. The van der Waals surface area contributed by atoms with E-state index in [4.69, 9.17) is 9.94 Å². The van der Waals surface area contributed by atoms with E-state index in [2.05, 4.69) is 18.9 Å². The topological polar surface area (TPSA) is 49.8 Å². The van der Waals surface area contributed by atoms with Crippen molar-refractivity contribution in [3.05, 3.63) is 0 Å². The highest BCUT2D eigenvalue weighted by Gasteiger charge is 2.04. The maximum absolute atomic E-state index is 10.5. The minimum absolute atomic E-state index is 0.310. The molecule has 0 rings (SSSR count). The molecule has 1 N–H and O–H groups in total. The molecule has 0 saturated carbocycles. The number of aliphatic carboxylic acids is 1. The third-order valence-electron chi connectivity index (χ3n) is 5.37. The normalized spacial score (nSPS) is 11.4. The highest BCUT2D eigenvalue weighted by atomic mass is 16.7. The Kier molecular flexibility index (Phi) is 22.2. The van der Waals surface area contributed by atoms with Crippen LogP contribution in [-0.4, -0.2) is 35.8 Å². The highest BCUT2D eigenvalue weighted by Crippen LogP contribution is 2.12. The summed E-state index contributed by atoms with van der Waals surface area (Å²) in [4.78, 5) is 16.2. The van der Waals surface area contributed by atoms with Crippen molar-refractivity contribution in [3.63, 3.8) is 0 Å². The number of rotatable bonds is 23. The van der Waals surface area contributed by atoms with Crippen molar-refractivity contribution in [1.29, 1.82) is 0 Å². The quantitative estimate of drug-likeness (QED) is 0.144. The lowest BCUT2D eigenvalue weighted by atomic mass is 10.1. The van der Waals surface area contributed by atoms with E-state index in [9.17, 15) is 4.79 Å². The van der Waals surface area contributed by atoms with E-state index in [0.29, 0.717) is 6.42 Å². The number of hydrogen-bond donors (Lipinski definition) is 1. The molecule has 4 nitrogen and oxygen atoms in total. The van der Waals surface area contributed by atoms with Gasteiger partial charge in [-0.05, 0) is 26.2 Å². The average molecular weight is 400 g/mol. The molecule has 0 aliphatic rings. The van der Waals surface area contributed by atoms with Gasteiger partial charge in [-0.1, -0.05) is 96.8 Å². The predicted molar refractivity (Wildman–Crippen MR) is 120 cm³/mol. The maximum Gasteiger partial charge on any atom is 0.303 e. The van der Waals surface area contributed by atoms with E-state index in [1.54, 1.807) is 0 Å². The van der Waals surface area contributed by atoms with Crippen LogP contribution in [0.4, 0.5) is 0 Å². The first-order valence-corrected chi connectivity index (χ1v) is 12.3. The van der Waals surface area contributed by atoms with Gasteiger partial charge in [0.1, 0.15) is 0 Å². The van der Waals surface area contributed by atoms with Crippen LogP contribution in [-0.2, 0) is 9.63 Å². The summed E-state index contributed by atoms with van der Waals surface area (Å²) in [6.45, 7) is 7.13. The summed E-state index contributed by atoms with van der Waals surface area (Å²) in [6, 6.07) is 0. The minimum atomic E-state index is -0.676. The molecular formula is C24H49NO3. The molecule has 28 heavy (non-hydrogen) atoms. The van der Waals surface area contributed by atoms with Crippen molar-refractivity contribution in [2.24, 2.45) is 0 Å². The van der Waals surface area contributed by atoms with Gasteiger partial charge in [0.25, 0.3) is 0 Å². The van der Waals surface area contributed by atoms with Crippen molar-refractivity contribution in [2.45, 2.75) is 129 Å². The second-order valence-corrected chi connectivity index (χ2v) is 8.15. The van der Waals surface area contributed by atoms with Crippen molar-refractivity contribution in [2.75, 3.05) is 19.7 Å². The zero-order chi connectivity index (χ0) is 20.7. The molecule has 4 heteroatoms. The zero-order valence-electron chi connectivity index (χ0n) is 19.1. The smallest absolute Gasteiger partial charge is 0.303 e. The summed E-state index contributed by atoms with van der Waals surface area (Å²) >= 11 is 0. The Labute approximate surface area is 175 Å². The fraction of sp³-hybridized carbons (Fsp3) is 0.958. The Morgan fingerprint density at radius 2 is 1.04 bits per heavy atom. The first-order valence-electron chi connectivity index (χ1n) is 12.3. The van der Waals surface area contributed by atoms with Gasteiger partial charge in [-0.25, -0.2) is 0 Å². The van der Waals surface area contributed by atoms with Gasteiger partial charge in [0.05, 0.1) is 6.61 Å². The molecular weight excluding hydrogens is 350 g/mol. The predicted octanol–water partition coefficient (Wildman–Crippen LogP) is 7.37. The summed E-state index contributed by atoms with van der Waals surface area (Å²) in [7, 11) is 0. The summed E-state index contributed by atoms with van der Waals surface area (Å²) in [5.74, 6) is -0.676. The second kappa shape index (κ2) is 22.7. The first kappa shape index (κ1) is 27.4. The van der Waals surface area contributed by atoms with Gasteiger partial charge in [-0.2, -0.15) is 5.06 Å². The highest BCUT2D eigenvalue weighted by molar-refractivity contribution is 5.66. The van der Waals surface area contributed by atoms with Crippen molar-refractivity contribution < 1.29 is 14.7 Å². The SMILES string of the molecule is CCCCCCCCCCCCCCN(CCCCCCCC(=O)O)OCC. The molecule has 0 unspecified atom stereocenters. The molecule has 0 bridgehead atoms. The van der Waals surface area contributed by atoms with Gasteiger partial charge in [0.15, 0.2) is 0 Å². The maximum atomic E-state index is 10.5. The summed E-state index contributed by atoms with van der Waals surface area (Å²) in [5, 5.41) is 10.8. The fourth-order valence-corrected chi connectivity index (χ4v) is 3.65. The average Bonchev–Trinajstić information content (AvgIpc) is 2.67. The van der Waals surface area contributed by atoms with Crippen LogP contribution in [0.1, 0.15) is 129 Å². The molecule has 0 aliphatic carbocycles. The van der Waals surface area contributed by atoms with Crippen molar-refractivity contribution in [1.82, 2.24) is 5.06 Å². The summed E-state index contributed by atoms with van der Waals surface area (Å²) in [6.07, 6.45) is 22.2. The largest absolute Gasteiger partial charge is 0.481 e. The number of nitrogens with zero attached hydrogens (tertiary/aromatic N) is 1. The third kappa shape index (κ3) is 21.7. The summed E-state index contributed by atoms with van der Waals surface area (Å²) < 4.78 is 0. The lowest BCUT2D eigenvalue weighted by Gasteiger charge is -2.21. The molecule has 0 heterocycles. The Hall–Kier alpha value is -0.610. The number of carbonyl (C=O) groups is 1. The zero-order valence-corrected chi connectivity index (χ0v) is 19.1. The van der Waals surface area contributed by atoms with E-state index in [1.807, 2.05) is 0 Å². The first-order chi connectivity index (χ1) is 13.7. The third-order valence-corrected chi connectivity index (χ3v) is 5.37. The van der Waals surface area contributed by atoms with Crippen LogP contribution in [0, 0.1) is 0 Å². The van der Waals surface area contributed by atoms with E-state index in [-0.39, 0.29) is 0 Å². The monoisotopic (exact) mass is 399 g/mol. The van der Waals surface area contributed by atoms with Gasteiger partial charge in [-0.15, -0.1) is 0 Å². The molecule has 168 valence electrons. The van der Waals surface area contributed by atoms with Gasteiger partial charge < -0.3 is 5.11 Å². The molecule has 0 radical (unpaired) electrons. The van der Waals surface area contributed by atoms with Crippen LogP contribution in [0.2, 0.25) is 0 Å². The van der Waals surface area contributed by atoms with Crippen LogP contribution in [0.3, 0.4) is 0 Å². The van der Waals surface area contributed by atoms with Crippen LogP contribution in [0.5, 0.6) is 0 Å². The van der Waals surface area contributed by atoms with Crippen LogP contribution in [0.15, 0.2) is 0 Å². The van der Waals surface area contributed by atoms with Gasteiger partial charge >= 0.3 is 5.97 Å². The lowest BCUT2D eigenvalue weighted by Crippen LogP contribution is -2.26. The van der Waals surface area contributed by atoms with E-state index in [1.165, 1.54) is 83.5 Å². The second-order valence-electron chi connectivity index (χ2n) is 8.15. The number of hydrogen-bond acceptors (Lipinski definition) is 3. The van der Waals surface area contributed by atoms with Gasteiger partial charge in [0, 0.05) is 19.5 Å². The number of carboxylic acid groups (broad SMARTS) is 1. The van der Waals surface area contributed by atoms with Crippen LogP contribution in [0.25, 0.3) is 0 Å².